The second-order valence-electron chi connectivity index (χ2n) is 2.67. The van der Waals surface area contributed by atoms with Crippen LogP contribution in [0, 0.1) is 0 Å². The molecule has 0 saturated carbocycles. The highest BCUT2D eigenvalue weighted by atomic mass is 16.4. The maximum absolute atomic E-state index is 8.99. The van der Waals surface area contributed by atoms with Crippen LogP contribution in [0.4, 0.5) is 0 Å². The van der Waals surface area contributed by atoms with Crippen molar-refractivity contribution in [3.05, 3.63) is 35.9 Å². The summed E-state index contributed by atoms with van der Waals surface area (Å²) in [6, 6.07) is 6.75. The quantitative estimate of drug-likeness (QED) is 0.413. The van der Waals surface area contributed by atoms with Gasteiger partial charge in [-0.15, -0.1) is 0 Å². The average molecular weight is 177 g/mol. The van der Waals surface area contributed by atoms with Crippen LogP contribution in [0.5, 0.6) is 5.75 Å². The Labute approximate surface area is 76.6 Å². The summed E-state index contributed by atoms with van der Waals surface area (Å²) in [5, 5.41) is 20.3. The minimum atomic E-state index is 0.240. The van der Waals surface area contributed by atoms with E-state index in [1.807, 2.05) is 0 Å². The predicted molar refractivity (Wildman–Crippen MR) is 52.0 cm³/mol. The maximum Gasteiger partial charge on any atom is 0.115 e. The van der Waals surface area contributed by atoms with E-state index in [4.69, 9.17) is 10.3 Å². The fourth-order valence-electron chi connectivity index (χ4n) is 0.836. The predicted octanol–water partition coefficient (Wildman–Crippen LogP) is 2.26. The van der Waals surface area contributed by atoms with Crippen LogP contribution in [0.2, 0.25) is 0 Å². The van der Waals surface area contributed by atoms with Crippen LogP contribution in [0.1, 0.15) is 12.5 Å². The van der Waals surface area contributed by atoms with E-state index >= 15 is 0 Å². The zero-order chi connectivity index (χ0) is 9.68. The number of benzene rings is 1. The third-order valence-electron chi connectivity index (χ3n) is 1.57. The molecule has 13 heavy (non-hydrogen) atoms. The first-order valence-electron chi connectivity index (χ1n) is 3.88. The number of hydrogen-bond acceptors (Lipinski definition) is 3. The monoisotopic (exact) mass is 177 g/mol. The summed E-state index contributed by atoms with van der Waals surface area (Å²) in [6.07, 6.45) is 3.49. The molecule has 68 valence electrons. The van der Waals surface area contributed by atoms with E-state index in [1.165, 1.54) is 0 Å². The third kappa shape index (κ3) is 2.99. The van der Waals surface area contributed by atoms with Crippen molar-refractivity contribution in [2.75, 3.05) is 0 Å². The third-order valence-corrected chi connectivity index (χ3v) is 1.57. The fourth-order valence-corrected chi connectivity index (χ4v) is 0.836. The summed E-state index contributed by atoms with van der Waals surface area (Å²) >= 11 is 0. The van der Waals surface area contributed by atoms with Gasteiger partial charge in [0.15, 0.2) is 0 Å². The van der Waals surface area contributed by atoms with Crippen molar-refractivity contribution in [2.24, 2.45) is 5.16 Å². The Bertz CT molecular complexity index is 325. The Morgan fingerprint density at radius 1 is 1.31 bits per heavy atom. The minimum absolute atomic E-state index is 0.240. The molecule has 0 saturated heterocycles. The second-order valence-corrected chi connectivity index (χ2v) is 2.67. The van der Waals surface area contributed by atoms with Gasteiger partial charge in [-0.25, -0.2) is 0 Å². The first-order valence-corrected chi connectivity index (χ1v) is 3.88. The number of phenols is 1. The molecule has 0 aliphatic carbocycles. The summed E-state index contributed by atoms with van der Waals surface area (Å²) in [5.41, 5.74) is 1.48. The first-order chi connectivity index (χ1) is 6.22. The van der Waals surface area contributed by atoms with Gasteiger partial charge < -0.3 is 10.3 Å². The normalized spacial score (nSPS) is 12.2. The van der Waals surface area contributed by atoms with Gasteiger partial charge in [0.1, 0.15) is 5.75 Å². The Kier molecular flexibility index (Phi) is 3.09. The molecule has 0 aromatic heterocycles. The van der Waals surface area contributed by atoms with Crippen molar-refractivity contribution in [3.63, 3.8) is 0 Å². The molecular weight excluding hydrogens is 166 g/mol. The number of hydrogen-bond donors (Lipinski definition) is 2. The van der Waals surface area contributed by atoms with E-state index in [9.17, 15) is 0 Å². The number of aromatic hydroxyl groups is 1. The lowest BCUT2D eigenvalue weighted by atomic mass is 10.2. The Morgan fingerprint density at radius 2 is 1.92 bits per heavy atom. The molecular formula is C10H11NO2. The van der Waals surface area contributed by atoms with Gasteiger partial charge in [-0.2, -0.15) is 0 Å². The summed E-state index contributed by atoms with van der Waals surface area (Å²) in [5.74, 6) is 0.240. The van der Waals surface area contributed by atoms with Gasteiger partial charge in [-0.05, 0) is 30.7 Å². The molecule has 1 rings (SSSR count). The summed E-state index contributed by atoms with van der Waals surface area (Å²) in [7, 11) is 0. The number of oxime groups is 1. The molecule has 0 radical (unpaired) electrons. The number of rotatable bonds is 2. The van der Waals surface area contributed by atoms with Crippen LogP contribution in [-0.2, 0) is 0 Å². The molecule has 3 heteroatoms. The lowest BCUT2D eigenvalue weighted by molar-refractivity contribution is 0.319. The summed E-state index contributed by atoms with van der Waals surface area (Å²) in [4.78, 5) is 0. The van der Waals surface area contributed by atoms with E-state index in [-0.39, 0.29) is 5.75 Å². The van der Waals surface area contributed by atoms with Crippen LogP contribution < -0.4 is 0 Å². The maximum atomic E-state index is 8.99. The highest BCUT2D eigenvalue weighted by Crippen LogP contribution is 2.10. The molecule has 2 N–H and O–H groups in total. The zero-order valence-electron chi connectivity index (χ0n) is 7.31. The van der Waals surface area contributed by atoms with Gasteiger partial charge >= 0.3 is 0 Å². The van der Waals surface area contributed by atoms with Crippen molar-refractivity contribution in [1.82, 2.24) is 0 Å². The van der Waals surface area contributed by atoms with Crippen LogP contribution in [-0.4, -0.2) is 16.0 Å². The molecule has 0 amide bonds. The van der Waals surface area contributed by atoms with Gasteiger partial charge in [-0.3, -0.25) is 0 Å². The van der Waals surface area contributed by atoms with Crippen molar-refractivity contribution < 1.29 is 10.3 Å². The smallest absolute Gasteiger partial charge is 0.115 e. The number of allylic oxidation sites excluding steroid dienone is 1. The highest BCUT2D eigenvalue weighted by Gasteiger charge is 1.88. The molecule has 0 spiro atoms. The summed E-state index contributed by atoms with van der Waals surface area (Å²) in [6.45, 7) is 1.69. The molecule has 0 aliphatic heterocycles. The zero-order valence-corrected chi connectivity index (χ0v) is 7.31. The van der Waals surface area contributed by atoms with Gasteiger partial charge in [-0.1, -0.05) is 23.4 Å². The van der Waals surface area contributed by atoms with Gasteiger partial charge in [0, 0.05) is 0 Å². The lowest BCUT2D eigenvalue weighted by Crippen LogP contribution is -1.82. The van der Waals surface area contributed by atoms with Gasteiger partial charge in [0.05, 0.1) is 5.71 Å². The van der Waals surface area contributed by atoms with Crippen LogP contribution in [0.3, 0.4) is 0 Å². The van der Waals surface area contributed by atoms with E-state index in [2.05, 4.69) is 5.16 Å². The molecule has 0 atom stereocenters. The summed E-state index contributed by atoms with van der Waals surface area (Å²) < 4.78 is 0. The van der Waals surface area contributed by atoms with Gasteiger partial charge in [0.2, 0.25) is 0 Å². The topological polar surface area (TPSA) is 52.8 Å². The lowest BCUT2D eigenvalue weighted by Gasteiger charge is -1.93. The highest BCUT2D eigenvalue weighted by molar-refractivity contribution is 5.95. The Balaban J connectivity index is 2.75. The minimum Gasteiger partial charge on any atom is -0.508 e. The molecule has 3 nitrogen and oxygen atoms in total. The van der Waals surface area contributed by atoms with E-state index in [0.29, 0.717) is 5.71 Å². The number of phenolic OH excluding ortho intramolecular Hbond substituents is 1. The van der Waals surface area contributed by atoms with Crippen LogP contribution in [0.25, 0.3) is 6.08 Å². The second kappa shape index (κ2) is 4.30. The standard InChI is InChI=1S/C10H11NO2/c1-8(11-13)2-3-9-4-6-10(12)7-5-9/h2-7,12-13H,1H3/b3-2-,11-8?. The van der Waals surface area contributed by atoms with Crippen LogP contribution in [0.15, 0.2) is 35.5 Å². The van der Waals surface area contributed by atoms with Crippen molar-refractivity contribution in [1.29, 1.82) is 0 Å². The van der Waals surface area contributed by atoms with Gasteiger partial charge in [0.25, 0.3) is 0 Å². The molecule has 0 fully saturated rings. The molecule has 0 bridgehead atoms. The van der Waals surface area contributed by atoms with E-state index in [1.54, 1.807) is 43.3 Å². The SMILES string of the molecule is CC(/C=C\c1ccc(O)cc1)=NO. The molecule has 0 unspecified atom stereocenters. The first kappa shape index (κ1) is 9.32. The average Bonchev–Trinajstić information content (AvgIpc) is 2.16. The molecule has 0 heterocycles. The molecule has 1 aromatic carbocycles. The fraction of sp³-hybridized carbons (Fsp3) is 0.100. The van der Waals surface area contributed by atoms with E-state index < -0.39 is 0 Å². The molecule has 1 aromatic rings. The van der Waals surface area contributed by atoms with E-state index in [0.717, 1.165) is 5.56 Å². The number of nitrogens with zero attached hydrogens (tertiary/aromatic N) is 1. The Hall–Kier alpha value is -1.77. The van der Waals surface area contributed by atoms with Crippen molar-refractivity contribution in [2.45, 2.75) is 6.92 Å². The molecule has 0 aliphatic rings. The van der Waals surface area contributed by atoms with Crippen LogP contribution >= 0.6 is 0 Å². The van der Waals surface area contributed by atoms with Crippen molar-refractivity contribution >= 4 is 11.8 Å². The Morgan fingerprint density at radius 3 is 2.46 bits per heavy atom. The van der Waals surface area contributed by atoms with Crippen molar-refractivity contribution in [3.8, 4) is 5.75 Å². The largest absolute Gasteiger partial charge is 0.508 e.